The number of nitrogens with zero attached hydrogens (tertiary/aromatic N) is 1. The molecule has 1 aromatic carbocycles. The lowest BCUT2D eigenvalue weighted by atomic mass is 10.2. The van der Waals surface area contributed by atoms with Gasteiger partial charge in [0.05, 0.1) is 9.26 Å². The van der Waals surface area contributed by atoms with E-state index in [1.54, 1.807) is 6.07 Å². The fourth-order valence-corrected chi connectivity index (χ4v) is 2.75. The lowest BCUT2D eigenvalue weighted by Crippen LogP contribution is -2.24. The number of rotatable bonds is 1. The van der Waals surface area contributed by atoms with Gasteiger partial charge in [-0.25, -0.2) is 4.39 Å². The van der Waals surface area contributed by atoms with Gasteiger partial charge in [0.2, 0.25) is 0 Å². The summed E-state index contributed by atoms with van der Waals surface area (Å²) in [6.07, 6.45) is 5.07. The second-order valence-electron chi connectivity index (χ2n) is 3.97. The number of hydrogen-bond donors (Lipinski definition) is 0. The van der Waals surface area contributed by atoms with E-state index in [0.29, 0.717) is 0 Å². The Morgan fingerprint density at radius 3 is 2.40 bits per heavy atom. The first-order valence-electron chi connectivity index (χ1n) is 5.48. The van der Waals surface area contributed by atoms with Crippen LogP contribution in [0.2, 0.25) is 0 Å². The molecule has 0 aliphatic carbocycles. The average molecular weight is 319 g/mol. The van der Waals surface area contributed by atoms with Crippen LogP contribution in [0.15, 0.2) is 18.2 Å². The first-order chi connectivity index (χ1) is 7.29. The molecule has 0 aromatic heterocycles. The van der Waals surface area contributed by atoms with E-state index in [0.717, 1.165) is 22.3 Å². The maximum Gasteiger partial charge on any atom is 0.138 e. The molecule has 0 N–H and O–H groups in total. The van der Waals surface area contributed by atoms with Crippen LogP contribution in [-0.4, -0.2) is 13.1 Å². The molecule has 82 valence electrons. The first-order valence-corrected chi connectivity index (χ1v) is 6.56. The minimum Gasteiger partial charge on any atom is -0.371 e. The van der Waals surface area contributed by atoms with Crippen molar-refractivity contribution < 1.29 is 4.39 Å². The number of benzene rings is 1. The van der Waals surface area contributed by atoms with Crippen LogP contribution in [-0.2, 0) is 0 Å². The maximum atomic E-state index is 13.4. The summed E-state index contributed by atoms with van der Waals surface area (Å²) in [6, 6.07) is 5.36. The molecule has 1 aromatic rings. The highest BCUT2D eigenvalue weighted by Crippen LogP contribution is 2.26. The van der Waals surface area contributed by atoms with Crippen molar-refractivity contribution in [3.63, 3.8) is 0 Å². The molecule has 0 spiro atoms. The standard InChI is InChI=1S/C12H15FIN/c13-10-6-5-7-11(12(10)14)15-8-3-1-2-4-9-15/h5-7H,1-4,8-9H2. The molecular formula is C12H15FIN. The lowest BCUT2D eigenvalue weighted by molar-refractivity contribution is 0.618. The Morgan fingerprint density at radius 1 is 1.07 bits per heavy atom. The van der Waals surface area contributed by atoms with Gasteiger partial charge in [-0.3, -0.25) is 0 Å². The van der Waals surface area contributed by atoms with E-state index in [-0.39, 0.29) is 5.82 Å². The van der Waals surface area contributed by atoms with Crippen molar-refractivity contribution in [2.75, 3.05) is 18.0 Å². The fraction of sp³-hybridized carbons (Fsp3) is 0.500. The molecular weight excluding hydrogens is 304 g/mol. The molecule has 1 heterocycles. The largest absolute Gasteiger partial charge is 0.371 e. The predicted molar refractivity (Wildman–Crippen MR) is 69.8 cm³/mol. The van der Waals surface area contributed by atoms with Crippen LogP contribution >= 0.6 is 22.6 Å². The van der Waals surface area contributed by atoms with Gasteiger partial charge in [0, 0.05) is 13.1 Å². The SMILES string of the molecule is Fc1cccc(N2CCCCCC2)c1I. The van der Waals surface area contributed by atoms with Crippen molar-refractivity contribution in [1.29, 1.82) is 0 Å². The molecule has 0 bridgehead atoms. The van der Waals surface area contributed by atoms with Gasteiger partial charge >= 0.3 is 0 Å². The van der Waals surface area contributed by atoms with E-state index in [1.165, 1.54) is 31.7 Å². The summed E-state index contributed by atoms with van der Waals surface area (Å²) < 4.78 is 14.2. The van der Waals surface area contributed by atoms with Crippen molar-refractivity contribution in [3.8, 4) is 0 Å². The number of anilines is 1. The summed E-state index contributed by atoms with van der Waals surface area (Å²) in [5.74, 6) is -0.0997. The molecule has 1 nitrogen and oxygen atoms in total. The highest BCUT2D eigenvalue weighted by atomic mass is 127. The normalized spacial score (nSPS) is 17.6. The van der Waals surface area contributed by atoms with Gasteiger partial charge < -0.3 is 4.90 Å². The Labute approximate surface area is 104 Å². The van der Waals surface area contributed by atoms with E-state index in [9.17, 15) is 4.39 Å². The van der Waals surface area contributed by atoms with Gasteiger partial charge in [0.15, 0.2) is 0 Å². The molecule has 0 atom stereocenters. The summed E-state index contributed by atoms with van der Waals surface area (Å²) in [5, 5.41) is 0. The molecule has 2 rings (SSSR count). The monoisotopic (exact) mass is 319 g/mol. The van der Waals surface area contributed by atoms with Crippen LogP contribution in [0.5, 0.6) is 0 Å². The second kappa shape index (κ2) is 5.14. The van der Waals surface area contributed by atoms with Gasteiger partial charge in [-0.15, -0.1) is 0 Å². The highest BCUT2D eigenvalue weighted by molar-refractivity contribution is 14.1. The van der Waals surface area contributed by atoms with Crippen LogP contribution in [0.3, 0.4) is 0 Å². The smallest absolute Gasteiger partial charge is 0.138 e. The third kappa shape index (κ3) is 2.62. The van der Waals surface area contributed by atoms with Crippen LogP contribution in [0.1, 0.15) is 25.7 Å². The number of hydrogen-bond acceptors (Lipinski definition) is 1. The van der Waals surface area contributed by atoms with Crippen molar-refractivity contribution in [2.24, 2.45) is 0 Å². The molecule has 0 amide bonds. The quantitative estimate of drug-likeness (QED) is 0.712. The zero-order valence-corrected chi connectivity index (χ0v) is 10.8. The van der Waals surface area contributed by atoms with Gasteiger partial charge in [-0.2, -0.15) is 0 Å². The van der Waals surface area contributed by atoms with Gasteiger partial charge in [-0.1, -0.05) is 18.9 Å². The topological polar surface area (TPSA) is 3.24 Å². The van der Waals surface area contributed by atoms with E-state index < -0.39 is 0 Å². The zero-order chi connectivity index (χ0) is 10.7. The third-order valence-electron chi connectivity index (χ3n) is 2.88. The lowest BCUT2D eigenvalue weighted by Gasteiger charge is -2.23. The zero-order valence-electron chi connectivity index (χ0n) is 8.68. The van der Waals surface area contributed by atoms with Crippen LogP contribution in [0.25, 0.3) is 0 Å². The minimum atomic E-state index is -0.0997. The van der Waals surface area contributed by atoms with Crippen LogP contribution in [0, 0.1) is 9.39 Å². The Morgan fingerprint density at radius 2 is 1.73 bits per heavy atom. The summed E-state index contributed by atoms with van der Waals surface area (Å²) in [5.41, 5.74) is 1.07. The Hall–Kier alpha value is -0.320. The van der Waals surface area contributed by atoms with E-state index >= 15 is 0 Å². The molecule has 3 heteroatoms. The van der Waals surface area contributed by atoms with Gasteiger partial charge in [-0.05, 0) is 47.6 Å². The molecule has 1 saturated heterocycles. The van der Waals surface area contributed by atoms with E-state index in [4.69, 9.17) is 0 Å². The van der Waals surface area contributed by atoms with Crippen molar-refractivity contribution in [2.45, 2.75) is 25.7 Å². The Balaban J connectivity index is 2.23. The second-order valence-corrected chi connectivity index (χ2v) is 5.05. The average Bonchev–Trinajstić information content (AvgIpc) is 2.50. The molecule has 1 aliphatic heterocycles. The summed E-state index contributed by atoms with van der Waals surface area (Å²) >= 11 is 2.10. The maximum absolute atomic E-state index is 13.4. The Bertz CT molecular complexity index is 332. The van der Waals surface area contributed by atoms with E-state index in [2.05, 4.69) is 27.5 Å². The first kappa shape index (κ1) is 11.2. The van der Waals surface area contributed by atoms with Crippen LogP contribution in [0.4, 0.5) is 10.1 Å². The van der Waals surface area contributed by atoms with Crippen molar-refractivity contribution >= 4 is 28.3 Å². The van der Waals surface area contributed by atoms with Crippen molar-refractivity contribution in [1.82, 2.24) is 0 Å². The summed E-state index contributed by atoms with van der Waals surface area (Å²) in [4.78, 5) is 2.32. The highest BCUT2D eigenvalue weighted by Gasteiger charge is 2.14. The fourth-order valence-electron chi connectivity index (χ4n) is 2.05. The molecule has 0 saturated carbocycles. The molecule has 0 unspecified atom stereocenters. The molecule has 0 radical (unpaired) electrons. The van der Waals surface area contributed by atoms with E-state index in [1.807, 2.05) is 6.07 Å². The predicted octanol–water partition coefficient (Wildman–Crippen LogP) is 3.81. The molecule has 1 aliphatic rings. The molecule has 15 heavy (non-hydrogen) atoms. The van der Waals surface area contributed by atoms with Gasteiger partial charge in [0.1, 0.15) is 5.82 Å². The minimum absolute atomic E-state index is 0.0997. The summed E-state index contributed by atoms with van der Waals surface area (Å²) in [6.45, 7) is 2.14. The third-order valence-corrected chi connectivity index (χ3v) is 3.95. The van der Waals surface area contributed by atoms with Crippen LogP contribution < -0.4 is 4.90 Å². The molecule has 1 fully saturated rings. The number of halogens is 2. The summed E-state index contributed by atoms with van der Waals surface area (Å²) in [7, 11) is 0. The van der Waals surface area contributed by atoms with Crippen molar-refractivity contribution in [3.05, 3.63) is 27.6 Å². The van der Waals surface area contributed by atoms with Gasteiger partial charge in [0.25, 0.3) is 0 Å². The Kier molecular flexibility index (Phi) is 3.83.